The zero-order chi connectivity index (χ0) is 41.4. The number of aromatic nitrogens is 2. The fourth-order valence-corrected chi connectivity index (χ4v) is 10.8. The van der Waals surface area contributed by atoms with E-state index in [2.05, 4.69) is 239 Å². The Morgan fingerprint density at radius 1 is 0.476 bits per heavy atom. The third-order valence-corrected chi connectivity index (χ3v) is 13.8. The van der Waals surface area contributed by atoms with Gasteiger partial charge in [0.25, 0.3) is 0 Å². The molecule has 13 rings (SSSR count). The molecule has 63 heavy (non-hydrogen) atoms. The standard InChI is InChI=1S/C60H43N3/c1-3-12-40(13-4-1)41-22-30-47(31-23-41)61(49-34-26-43(27-35-49)45-28-36-52-50-16-7-9-20-56(50)62(59(52)39-45)46-14-5-2-6-15-46)48-32-24-42(25-33-48)44-29-37-58-55(38-44)54-19-11-18-53-51-17-8-10-21-57(51)63(58)60(53)54/h1-18,20-27,29-39,45,54H,19,28H2. The van der Waals surface area contributed by atoms with Crippen LogP contribution < -0.4 is 15.5 Å². The Bertz CT molecular complexity index is 3540. The van der Waals surface area contributed by atoms with Crippen LogP contribution in [0.15, 0.2) is 206 Å². The second kappa shape index (κ2) is 14.4. The number of anilines is 3. The molecule has 10 aromatic rings. The van der Waals surface area contributed by atoms with Gasteiger partial charge in [-0.25, -0.2) is 0 Å². The number of hydrogen-bond acceptors (Lipinski definition) is 1. The van der Waals surface area contributed by atoms with E-state index in [1.54, 1.807) is 0 Å². The Kier molecular flexibility index (Phi) is 8.17. The van der Waals surface area contributed by atoms with Gasteiger partial charge in [0.05, 0.1) is 16.4 Å². The Hall–Kier alpha value is -7.88. The zero-order valence-corrected chi connectivity index (χ0v) is 34.8. The van der Waals surface area contributed by atoms with Gasteiger partial charge in [0.15, 0.2) is 0 Å². The van der Waals surface area contributed by atoms with Crippen molar-refractivity contribution in [2.75, 3.05) is 4.90 Å². The third kappa shape index (κ3) is 5.73. The highest BCUT2D eigenvalue weighted by Crippen LogP contribution is 2.50. The molecule has 3 heteroatoms. The van der Waals surface area contributed by atoms with Crippen LogP contribution in [0, 0.1) is 0 Å². The molecule has 3 nitrogen and oxygen atoms in total. The predicted molar refractivity (Wildman–Crippen MR) is 263 cm³/mol. The van der Waals surface area contributed by atoms with Crippen LogP contribution in [0.2, 0.25) is 0 Å². The van der Waals surface area contributed by atoms with E-state index >= 15 is 0 Å². The van der Waals surface area contributed by atoms with Crippen molar-refractivity contribution in [3.63, 3.8) is 0 Å². The van der Waals surface area contributed by atoms with E-state index in [4.69, 9.17) is 0 Å². The first kappa shape index (κ1) is 35.8. The minimum Gasteiger partial charge on any atom is -0.312 e. The Balaban J connectivity index is 0.859. The molecule has 2 atom stereocenters. The maximum atomic E-state index is 2.51. The maximum Gasteiger partial charge on any atom is 0.0540 e. The lowest BCUT2D eigenvalue weighted by atomic mass is 9.86. The summed E-state index contributed by atoms with van der Waals surface area (Å²) in [4.78, 5) is 2.39. The summed E-state index contributed by atoms with van der Waals surface area (Å²) >= 11 is 0. The molecule has 0 saturated heterocycles. The largest absolute Gasteiger partial charge is 0.312 e. The van der Waals surface area contributed by atoms with E-state index in [0.29, 0.717) is 5.92 Å². The molecule has 3 heterocycles. The van der Waals surface area contributed by atoms with Crippen LogP contribution >= 0.6 is 0 Å². The molecule has 0 N–H and O–H groups in total. The van der Waals surface area contributed by atoms with Gasteiger partial charge in [0, 0.05) is 67.5 Å². The SMILES string of the molecule is C1=Cc2c3n(c4ccccc24)-c2ccc(-c4ccc(N(c5ccc(-c6ccccc6)cc5)c5ccc(C6C=c7c(c8ccccc8n7-c7ccccc7)=CC6)cc5)cc4)cc2C3C1. The van der Waals surface area contributed by atoms with Gasteiger partial charge in [-0.3, -0.25) is 0 Å². The van der Waals surface area contributed by atoms with Gasteiger partial charge in [-0.15, -0.1) is 0 Å². The number of benzene rings is 8. The van der Waals surface area contributed by atoms with Crippen molar-refractivity contribution in [1.29, 1.82) is 0 Å². The highest BCUT2D eigenvalue weighted by molar-refractivity contribution is 5.96. The van der Waals surface area contributed by atoms with Crippen molar-refractivity contribution in [2.45, 2.75) is 24.7 Å². The molecule has 0 bridgehead atoms. The highest BCUT2D eigenvalue weighted by Gasteiger charge is 2.34. The minimum absolute atomic E-state index is 0.266. The lowest BCUT2D eigenvalue weighted by Crippen LogP contribution is -2.31. The van der Waals surface area contributed by atoms with Crippen molar-refractivity contribution in [3.05, 3.63) is 239 Å². The molecule has 2 aliphatic carbocycles. The van der Waals surface area contributed by atoms with Gasteiger partial charge in [0.2, 0.25) is 0 Å². The maximum absolute atomic E-state index is 2.51. The van der Waals surface area contributed by atoms with E-state index in [1.165, 1.54) is 88.4 Å². The number of rotatable bonds is 7. The van der Waals surface area contributed by atoms with Crippen LogP contribution in [-0.4, -0.2) is 9.13 Å². The highest BCUT2D eigenvalue weighted by atomic mass is 15.1. The molecule has 0 spiro atoms. The summed E-state index contributed by atoms with van der Waals surface area (Å²) in [6.07, 6.45) is 11.6. The van der Waals surface area contributed by atoms with Gasteiger partial charge < -0.3 is 14.0 Å². The molecular formula is C60H43N3. The van der Waals surface area contributed by atoms with Gasteiger partial charge in [-0.05, 0) is 119 Å². The fraction of sp³-hybridized carbons (Fsp3) is 0.0667. The normalized spacial score (nSPS) is 15.7. The van der Waals surface area contributed by atoms with Gasteiger partial charge >= 0.3 is 0 Å². The Morgan fingerprint density at radius 2 is 1.05 bits per heavy atom. The zero-order valence-electron chi connectivity index (χ0n) is 34.8. The number of fused-ring (bicyclic) bond motifs is 9. The first-order valence-electron chi connectivity index (χ1n) is 22.2. The van der Waals surface area contributed by atoms with Crippen molar-refractivity contribution < 1.29 is 0 Å². The van der Waals surface area contributed by atoms with Crippen LogP contribution in [0.1, 0.15) is 47.1 Å². The van der Waals surface area contributed by atoms with Crippen LogP contribution in [0.5, 0.6) is 0 Å². The lowest BCUT2D eigenvalue weighted by molar-refractivity contribution is 0.820. The summed E-state index contributed by atoms with van der Waals surface area (Å²) in [6.45, 7) is 0. The average Bonchev–Trinajstić information content (AvgIpc) is 4.00. The van der Waals surface area contributed by atoms with Crippen LogP contribution in [0.25, 0.3) is 73.7 Å². The van der Waals surface area contributed by atoms with Crippen molar-refractivity contribution in [2.24, 2.45) is 0 Å². The Morgan fingerprint density at radius 3 is 1.76 bits per heavy atom. The molecular weight excluding hydrogens is 763 g/mol. The van der Waals surface area contributed by atoms with E-state index in [-0.39, 0.29) is 5.92 Å². The van der Waals surface area contributed by atoms with Crippen LogP contribution in [0.3, 0.4) is 0 Å². The van der Waals surface area contributed by atoms with Crippen molar-refractivity contribution in [1.82, 2.24) is 9.13 Å². The van der Waals surface area contributed by atoms with Crippen molar-refractivity contribution in [3.8, 4) is 33.6 Å². The first-order valence-corrected chi connectivity index (χ1v) is 22.2. The molecule has 0 amide bonds. The second-order valence-corrected chi connectivity index (χ2v) is 17.2. The van der Waals surface area contributed by atoms with Gasteiger partial charge in [-0.1, -0.05) is 152 Å². The number of allylic oxidation sites excluding steroid dienone is 1. The first-order chi connectivity index (χ1) is 31.2. The van der Waals surface area contributed by atoms with Crippen LogP contribution in [-0.2, 0) is 0 Å². The molecule has 3 aliphatic rings. The summed E-state index contributed by atoms with van der Waals surface area (Å²) in [7, 11) is 0. The molecule has 0 radical (unpaired) electrons. The van der Waals surface area contributed by atoms with E-state index in [9.17, 15) is 0 Å². The Labute approximate surface area is 367 Å². The quantitative estimate of drug-likeness (QED) is 0.156. The third-order valence-electron chi connectivity index (χ3n) is 13.8. The molecule has 1 aliphatic heterocycles. The molecule has 0 fully saturated rings. The number of para-hydroxylation sites is 3. The van der Waals surface area contributed by atoms with Crippen LogP contribution in [0.4, 0.5) is 17.1 Å². The molecule has 2 aromatic heterocycles. The van der Waals surface area contributed by atoms with Gasteiger partial charge in [-0.2, -0.15) is 0 Å². The summed E-state index contributed by atoms with van der Waals surface area (Å²) in [5, 5.41) is 5.26. The number of hydrogen-bond donors (Lipinski definition) is 0. The molecule has 2 unspecified atom stereocenters. The topological polar surface area (TPSA) is 13.1 Å². The van der Waals surface area contributed by atoms with E-state index in [1.807, 2.05) is 0 Å². The predicted octanol–water partition coefficient (Wildman–Crippen LogP) is 14.0. The molecule has 298 valence electrons. The summed E-state index contributed by atoms with van der Waals surface area (Å²) < 4.78 is 4.94. The van der Waals surface area contributed by atoms with E-state index in [0.717, 1.165) is 29.9 Å². The summed E-state index contributed by atoms with van der Waals surface area (Å²) in [6, 6.07) is 73.6. The monoisotopic (exact) mass is 805 g/mol. The molecule has 0 saturated carbocycles. The fourth-order valence-electron chi connectivity index (χ4n) is 10.8. The smallest absolute Gasteiger partial charge is 0.0540 e. The summed E-state index contributed by atoms with van der Waals surface area (Å²) in [5.74, 6) is 0.645. The molecule has 8 aromatic carbocycles. The minimum atomic E-state index is 0.266. The van der Waals surface area contributed by atoms with Gasteiger partial charge in [0.1, 0.15) is 0 Å². The van der Waals surface area contributed by atoms with Crippen molar-refractivity contribution >= 4 is 57.1 Å². The lowest BCUT2D eigenvalue weighted by Gasteiger charge is -2.26. The number of nitrogens with zero attached hydrogens (tertiary/aromatic N) is 3. The second-order valence-electron chi connectivity index (χ2n) is 17.2. The van der Waals surface area contributed by atoms with E-state index < -0.39 is 0 Å². The average molecular weight is 806 g/mol. The summed E-state index contributed by atoms with van der Waals surface area (Å²) in [5.41, 5.74) is 18.9.